The van der Waals surface area contributed by atoms with Crippen LogP contribution >= 0.6 is 15.9 Å². The fraction of sp³-hybridized carbons (Fsp3) is 0.941. The van der Waals surface area contributed by atoms with E-state index in [-0.39, 0.29) is 12.1 Å². The highest BCUT2D eigenvalue weighted by molar-refractivity contribution is 9.09. The maximum atomic E-state index is 12.2. The molecule has 1 saturated carbocycles. The number of halogens is 1. The van der Waals surface area contributed by atoms with Crippen molar-refractivity contribution in [3.8, 4) is 0 Å². The predicted octanol–water partition coefficient (Wildman–Crippen LogP) is 5.19. The Hall–Kier alpha value is -0.0500. The van der Waals surface area contributed by atoms with Crippen LogP contribution in [0, 0.1) is 23.7 Å². The molecule has 0 aliphatic heterocycles. The van der Waals surface area contributed by atoms with Crippen molar-refractivity contribution < 1.29 is 9.53 Å². The molecule has 0 amide bonds. The summed E-state index contributed by atoms with van der Waals surface area (Å²) in [5.74, 6) is 2.26. The second-order valence-electron chi connectivity index (χ2n) is 6.87. The van der Waals surface area contributed by atoms with Gasteiger partial charge in [-0.3, -0.25) is 4.79 Å². The monoisotopic (exact) mass is 346 g/mol. The molecule has 3 heteroatoms. The third-order valence-electron chi connectivity index (χ3n) is 4.61. The van der Waals surface area contributed by atoms with Gasteiger partial charge in [0.2, 0.25) is 0 Å². The summed E-state index contributed by atoms with van der Waals surface area (Å²) in [6, 6.07) is 0. The zero-order valence-corrected chi connectivity index (χ0v) is 15.1. The van der Waals surface area contributed by atoms with Crippen molar-refractivity contribution >= 4 is 21.9 Å². The lowest BCUT2D eigenvalue weighted by atomic mass is 9.75. The first-order valence-corrected chi connectivity index (χ1v) is 9.35. The van der Waals surface area contributed by atoms with Crippen LogP contribution in [0.5, 0.6) is 0 Å². The number of esters is 1. The highest BCUT2D eigenvalue weighted by Crippen LogP contribution is 2.35. The van der Waals surface area contributed by atoms with E-state index in [1.807, 2.05) is 0 Å². The Morgan fingerprint density at radius 1 is 1.35 bits per heavy atom. The van der Waals surface area contributed by atoms with E-state index in [9.17, 15) is 4.79 Å². The zero-order valence-electron chi connectivity index (χ0n) is 13.5. The van der Waals surface area contributed by atoms with Crippen molar-refractivity contribution in [3.63, 3.8) is 0 Å². The summed E-state index contributed by atoms with van der Waals surface area (Å²) < 4.78 is 5.85. The first-order valence-electron chi connectivity index (χ1n) is 8.23. The van der Waals surface area contributed by atoms with Crippen molar-refractivity contribution in [1.82, 2.24) is 0 Å². The summed E-state index contributed by atoms with van der Waals surface area (Å²) >= 11 is 3.51. The van der Waals surface area contributed by atoms with E-state index in [4.69, 9.17) is 4.74 Å². The van der Waals surface area contributed by atoms with Crippen molar-refractivity contribution in [1.29, 1.82) is 0 Å². The highest BCUT2D eigenvalue weighted by atomic mass is 79.9. The van der Waals surface area contributed by atoms with Crippen LogP contribution in [0.2, 0.25) is 0 Å². The maximum Gasteiger partial charge on any atom is 0.306 e. The molecule has 118 valence electrons. The van der Waals surface area contributed by atoms with Gasteiger partial charge < -0.3 is 4.74 Å². The molecule has 0 saturated heterocycles. The van der Waals surface area contributed by atoms with E-state index >= 15 is 0 Å². The van der Waals surface area contributed by atoms with Gasteiger partial charge in [-0.25, -0.2) is 0 Å². The Morgan fingerprint density at radius 2 is 2.05 bits per heavy atom. The lowest BCUT2D eigenvalue weighted by Crippen LogP contribution is -2.36. The van der Waals surface area contributed by atoms with Gasteiger partial charge in [-0.15, -0.1) is 0 Å². The SMILES string of the molecule is CCCC(CBr)CC(=O)OC1CC(C)CCC1C(C)C. The van der Waals surface area contributed by atoms with Gasteiger partial charge in [-0.05, 0) is 42.9 Å². The third-order valence-corrected chi connectivity index (χ3v) is 5.53. The summed E-state index contributed by atoms with van der Waals surface area (Å²) in [4.78, 5) is 12.2. The Bertz CT molecular complexity index is 291. The van der Waals surface area contributed by atoms with Crippen LogP contribution in [0.25, 0.3) is 0 Å². The molecule has 0 aromatic carbocycles. The molecular weight excluding hydrogens is 316 g/mol. The predicted molar refractivity (Wildman–Crippen MR) is 88.0 cm³/mol. The van der Waals surface area contributed by atoms with Crippen LogP contribution in [0.4, 0.5) is 0 Å². The normalized spacial score (nSPS) is 28.4. The van der Waals surface area contributed by atoms with Crippen LogP contribution in [-0.4, -0.2) is 17.4 Å². The average Bonchev–Trinajstić information content (AvgIpc) is 2.37. The molecule has 0 aromatic heterocycles. The molecule has 1 aliphatic rings. The first kappa shape index (κ1) is 18.0. The minimum atomic E-state index is 0.00708. The standard InChI is InChI=1S/C17H31BrO2/c1-5-6-14(11-18)10-17(19)20-16-9-13(4)7-8-15(16)12(2)3/h12-16H,5-11H2,1-4H3. The van der Waals surface area contributed by atoms with Crippen molar-refractivity contribution in [2.24, 2.45) is 23.7 Å². The molecule has 0 bridgehead atoms. The quantitative estimate of drug-likeness (QED) is 0.468. The van der Waals surface area contributed by atoms with Gasteiger partial charge in [0, 0.05) is 11.8 Å². The van der Waals surface area contributed by atoms with Gasteiger partial charge in [-0.1, -0.05) is 56.5 Å². The summed E-state index contributed by atoms with van der Waals surface area (Å²) in [6.07, 6.45) is 6.44. The van der Waals surface area contributed by atoms with Crippen molar-refractivity contribution in [2.75, 3.05) is 5.33 Å². The molecule has 20 heavy (non-hydrogen) atoms. The number of carbonyl (C=O) groups excluding carboxylic acids is 1. The number of carbonyl (C=O) groups is 1. The summed E-state index contributed by atoms with van der Waals surface area (Å²) in [5.41, 5.74) is 0. The lowest BCUT2D eigenvalue weighted by Gasteiger charge is -2.36. The summed E-state index contributed by atoms with van der Waals surface area (Å²) in [5, 5.41) is 0.893. The molecule has 1 fully saturated rings. The van der Waals surface area contributed by atoms with E-state index in [2.05, 4.69) is 43.6 Å². The van der Waals surface area contributed by atoms with Gasteiger partial charge in [0.15, 0.2) is 0 Å². The molecule has 1 rings (SSSR count). The van der Waals surface area contributed by atoms with Crippen LogP contribution in [0.1, 0.15) is 66.2 Å². The molecule has 0 radical (unpaired) electrons. The fourth-order valence-corrected chi connectivity index (χ4v) is 3.90. The summed E-state index contributed by atoms with van der Waals surface area (Å²) in [6.45, 7) is 8.94. The molecule has 2 nitrogen and oxygen atoms in total. The van der Waals surface area contributed by atoms with Gasteiger partial charge in [0.1, 0.15) is 6.10 Å². The Kier molecular flexibility index (Phi) is 8.16. The largest absolute Gasteiger partial charge is 0.462 e. The number of hydrogen-bond acceptors (Lipinski definition) is 2. The van der Waals surface area contributed by atoms with E-state index in [0.717, 1.165) is 24.6 Å². The minimum absolute atomic E-state index is 0.00708. The first-order chi connectivity index (χ1) is 9.47. The van der Waals surface area contributed by atoms with E-state index < -0.39 is 0 Å². The van der Waals surface area contributed by atoms with Crippen molar-refractivity contribution in [3.05, 3.63) is 0 Å². The molecule has 4 unspecified atom stereocenters. The average molecular weight is 347 g/mol. The number of rotatable bonds is 7. The smallest absolute Gasteiger partial charge is 0.306 e. The van der Waals surface area contributed by atoms with Gasteiger partial charge in [0.05, 0.1) is 0 Å². The number of alkyl halides is 1. The second kappa shape index (κ2) is 9.07. The fourth-order valence-electron chi connectivity index (χ4n) is 3.34. The number of ether oxygens (including phenoxy) is 1. The third kappa shape index (κ3) is 5.75. The second-order valence-corrected chi connectivity index (χ2v) is 7.52. The van der Waals surface area contributed by atoms with Gasteiger partial charge >= 0.3 is 5.97 Å². The van der Waals surface area contributed by atoms with E-state index in [1.54, 1.807) is 0 Å². The van der Waals surface area contributed by atoms with Gasteiger partial charge in [0.25, 0.3) is 0 Å². The Labute approximate surface area is 133 Å². The Morgan fingerprint density at radius 3 is 2.60 bits per heavy atom. The Balaban J connectivity index is 2.52. The molecule has 4 atom stereocenters. The van der Waals surface area contributed by atoms with Crippen LogP contribution in [0.3, 0.4) is 0 Å². The lowest BCUT2D eigenvalue weighted by molar-refractivity contribution is -0.156. The zero-order chi connectivity index (χ0) is 15.1. The maximum absolute atomic E-state index is 12.2. The molecule has 0 N–H and O–H groups in total. The van der Waals surface area contributed by atoms with Crippen molar-refractivity contribution in [2.45, 2.75) is 72.3 Å². The topological polar surface area (TPSA) is 26.3 Å². The molecule has 0 aromatic rings. The molecular formula is C17H31BrO2. The molecule has 1 aliphatic carbocycles. The van der Waals surface area contributed by atoms with Crippen LogP contribution in [0.15, 0.2) is 0 Å². The molecule has 0 heterocycles. The van der Waals surface area contributed by atoms with Crippen LogP contribution < -0.4 is 0 Å². The van der Waals surface area contributed by atoms with E-state index in [0.29, 0.717) is 30.1 Å². The van der Waals surface area contributed by atoms with Gasteiger partial charge in [-0.2, -0.15) is 0 Å². The molecule has 0 spiro atoms. The summed E-state index contributed by atoms with van der Waals surface area (Å²) in [7, 11) is 0. The number of hydrogen-bond donors (Lipinski definition) is 0. The van der Waals surface area contributed by atoms with E-state index in [1.165, 1.54) is 12.8 Å². The highest BCUT2D eigenvalue weighted by Gasteiger charge is 2.33. The van der Waals surface area contributed by atoms with Crippen LogP contribution in [-0.2, 0) is 9.53 Å². The minimum Gasteiger partial charge on any atom is -0.462 e.